The first kappa shape index (κ1) is 15.8. The number of hydrogen-bond donors (Lipinski definition) is 2. The van der Waals surface area contributed by atoms with E-state index in [0.717, 1.165) is 24.5 Å². The molecule has 1 saturated heterocycles. The van der Waals surface area contributed by atoms with Gasteiger partial charge in [0.15, 0.2) is 6.54 Å². The minimum Gasteiger partial charge on any atom is -0.494 e. The fraction of sp³-hybridized carbons (Fsp3) is 0.588. The molecule has 1 aromatic carbocycles. The first-order valence-electron chi connectivity index (χ1n) is 8.14. The number of nitrogens with one attached hydrogen (secondary N) is 2. The third kappa shape index (κ3) is 5.76. The number of rotatable bonds is 5. The summed E-state index contributed by atoms with van der Waals surface area (Å²) in [6.07, 6.45) is 6.46. The zero-order chi connectivity index (χ0) is 14.9. The van der Waals surface area contributed by atoms with Crippen molar-refractivity contribution in [2.45, 2.75) is 39.0 Å². The zero-order valence-corrected chi connectivity index (χ0v) is 13.0. The molecule has 116 valence electrons. The van der Waals surface area contributed by atoms with Crippen molar-refractivity contribution in [2.75, 3.05) is 31.6 Å². The predicted octanol–water partition coefficient (Wildman–Crippen LogP) is 1.87. The molecule has 1 heterocycles. The largest absolute Gasteiger partial charge is 0.494 e. The van der Waals surface area contributed by atoms with Crippen molar-refractivity contribution in [2.24, 2.45) is 0 Å². The predicted molar refractivity (Wildman–Crippen MR) is 84.9 cm³/mol. The van der Waals surface area contributed by atoms with Crippen molar-refractivity contribution in [3.05, 3.63) is 24.3 Å². The van der Waals surface area contributed by atoms with E-state index in [0.29, 0.717) is 13.2 Å². The van der Waals surface area contributed by atoms with Gasteiger partial charge in [-0.1, -0.05) is 6.42 Å². The summed E-state index contributed by atoms with van der Waals surface area (Å²) >= 11 is 0. The van der Waals surface area contributed by atoms with Crippen LogP contribution < -0.4 is 15.0 Å². The summed E-state index contributed by atoms with van der Waals surface area (Å²) in [5.41, 5.74) is 0.842. The van der Waals surface area contributed by atoms with Crippen LogP contribution in [0.2, 0.25) is 0 Å². The van der Waals surface area contributed by atoms with E-state index in [2.05, 4.69) is 5.32 Å². The number of benzene rings is 1. The number of carbonyl (C=O) groups is 1. The SMILES string of the molecule is CCOc1ccc(NC(=O)C[NH+]2CCCCCCC2)cc1. The van der Waals surface area contributed by atoms with Crippen LogP contribution in [-0.2, 0) is 4.79 Å². The first-order valence-corrected chi connectivity index (χ1v) is 8.14. The molecule has 0 aliphatic carbocycles. The minimum atomic E-state index is 0.106. The Morgan fingerprint density at radius 3 is 2.33 bits per heavy atom. The van der Waals surface area contributed by atoms with Gasteiger partial charge in [0, 0.05) is 5.69 Å². The Morgan fingerprint density at radius 1 is 1.10 bits per heavy atom. The number of ether oxygens (including phenoxy) is 1. The van der Waals surface area contributed by atoms with Crippen molar-refractivity contribution >= 4 is 11.6 Å². The van der Waals surface area contributed by atoms with Gasteiger partial charge in [0.2, 0.25) is 0 Å². The van der Waals surface area contributed by atoms with Crippen molar-refractivity contribution in [3.63, 3.8) is 0 Å². The van der Waals surface area contributed by atoms with Crippen LogP contribution in [0.25, 0.3) is 0 Å². The highest BCUT2D eigenvalue weighted by molar-refractivity contribution is 5.91. The van der Waals surface area contributed by atoms with E-state index in [1.165, 1.54) is 37.0 Å². The summed E-state index contributed by atoms with van der Waals surface area (Å²) in [6.45, 7) is 5.44. The molecule has 0 bridgehead atoms. The molecule has 1 aromatic rings. The molecule has 4 heteroatoms. The summed E-state index contributed by atoms with van der Waals surface area (Å²) in [7, 11) is 0. The smallest absolute Gasteiger partial charge is 0.279 e. The zero-order valence-electron chi connectivity index (χ0n) is 13.0. The maximum atomic E-state index is 12.1. The Hall–Kier alpha value is -1.55. The lowest BCUT2D eigenvalue weighted by Crippen LogP contribution is -3.13. The van der Waals surface area contributed by atoms with E-state index in [1.807, 2.05) is 31.2 Å². The lowest BCUT2D eigenvalue weighted by Gasteiger charge is -2.21. The number of amides is 1. The summed E-state index contributed by atoms with van der Waals surface area (Å²) < 4.78 is 5.40. The molecule has 4 nitrogen and oxygen atoms in total. The van der Waals surface area contributed by atoms with Crippen molar-refractivity contribution < 1.29 is 14.4 Å². The summed E-state index contributed by atoms with van der Waals surface area (Å²) in [6, 6.07) is 7.57. The Bertz CT molecular complexity index is 423. The molecule has 0 unspecified atom stereocenters. The normalized spacial score (nSPS) is 16.8. The fourth-order valence-corrected chi connectivity index (χ4v) is 2.82. The van der Waals surface area contributed by atoms with Crippen LogP contribution in [0.1, 0.15) is 39.0 Å². The van der Waals surface area contributed by atoms with Crippen molar-refractivity contribution in [3.8, 4) is 5.75 Å². The number of hydrogen-bond acceptors (Lipinski definition) is 2. The molecular weight excluding hydrogens is 264 g/mol. The second kappa shape index (κ2) is 8.67. The van der Waals surface area contributed by atoms with Crippen LogP contribution in [0.3, 0.4) is 0 Å². The molecule has 21 heavy (non-hydrogen) atoms. The van der Waals surface area contributed by atoms with E-state index < -0.39 is 0 Å². The molecule has 2 N–H and O–H groups in total. The number of carbonyl (C=O) groups excluding carboxylic acids is 1. The second-order valence-corrected chi connectivity index (χ2v) is 5.70. The summed E-state index contributed by atoms with van der Waals surface area (Å²) in [5, 5.41) is 2.98. The van der Waals surface area contributed by atoms with Crippen LogP contribution in [0.15, 0.2) is 24.3 Å². The highest BCUT2D eigenvalue weighted by atomic mass is 16.5. The number of anilines is 1. The van der Waals surface area contributed by atoms with Crippen molar-refractivity contribution in [1.29, 1.82) is 0 Å². The average molecular weight is 291 g/mol. The molecule has 1 aliphatic heterocycles. The molecule has 1 fully saturated rings. The van der Waals surface area contributed by atoms with Gasteiger partial charge in [0.25, 0.3) is 5.91 Å². The monoisotopic (exact) mass is 291 g/mol. The van der Waals surface area contributed by atoms with Gasteiger partial charge in [-0.25, -0.2) is 0 Å². The van der Waals surface area contributed by atoms with Gasteiger partial charge in [-0.3, -0.25) is 4.79 Å². The van der Waals surface area contributed by atoms with Gasteiger partial charge in [0.05, 0.1) is 19.7 Å². The average Bonchev–Trinajstić information content (AvgIpc) is 2.44. The third-order valence-corrected chi connectivity index (χ3v) is 3.92. The topological polar surface area (TPSA) is 42.8 Å². The van der Waals surface area contributed by atoms with Gasteiger partial charge < -0.3 is 15.0 Å². The maximum Gasteiger partial charge on any atom is 0.279 e. The molecule has 0 atom stereocenters. The Morgan fingerprint density at radius 2 is 1.71 bits per heavy atom. The van der Waals surface area contributed by atoms with Crippen LogP contribution in [0, 0.1) is 0 Å². The maximum absolute atomic E-state index is 12.1. The highest BCUT2D eigenvalue weighted by Crippen LogP contribution is 2.15. The standard InChI is InChI=1S/C17H26N2O2/c1-2-21-16-10-8-15(9-11-16)18-17(20)14-19-12-6-4-3-5-7-13-19/h8-11H,2-7,12-14H2,1H3,(H,18,20)/p+1. The van der Waals surface area contributed by atoms with Crippen molar-refractivity contribution in [1.82, 2.24) is 0 Å². The molecular formula is C17H27N2O2+. The number of likely N-dealkylation sites (tertiary alicyclic amines) is 1. The summed E-state index contributed by atoms with van der Waals surface area (Å²) in [4.78, 5) is 13.5. The van der Waals surface area contributed by atoms with Crippen LogP contribution >= 0.6 is 0 Å². The quantitative estimate of drug-likeness (QED) is 0.870. The molecule has 0 saturated carbocycles. The highest BCUT2D eigenvalue weighted by Gasteiger charge is 2.15. The van der Waals surface area contributed by atoms with Gasteiger partial charge in [0.1, 0.15) is 5.75 Å². The Balaban J connectivity index is 1.79. The Kier molecular flexibility index (Phi) is 6.54. The van der Waals surface area contributed by atoms with Crippen LogP contribution in [0.5, 0.6) is 5.75 Å². The van der Waals surface area contributed by atoms with Gasteiger partial charge in [-0.2, -0.15) is 0 Å². The minimum absolute atomic E-state index is 0.106. The van der Waals surface area contributed by atoms with Crippen LogP contribution in [-0.4, -0.2) is 32.1 Å². The molecule has 1 amide bonds. The van der Waals surface area contributed by atoms with E-state index in [1.54, 1.807) is 0 Å². The van der Waals surface area contributed by atoms with Gasteiger partial charge in [-0.15, -0.1) is 0 Å². The first-order chi connectivity index (χ1) is 10.3. The van der Waals surface area contributed by atoms with E-state index in [-0.39, 0.29) is 5.91 Å². The molecule has 2 rings (SSSR count). The lowest BCUT2D eigenvalue weighted by molar-refractivity contribution is -0.892. The Labute approximate surface area is 127 Å². The molecule has 0 radical (unpaired) electrons. The van der Waals surface area contributed by atoms with Gasteiger partial charge in [-0.05, 0) is 56.9 Å². The van der Waals surface area contributed by atoms with Crippen LogP contribution in [0.4, 0.5) is 5.69 Å². The van der Waals surface area contributed by atoms with E-state index >= 15 is 0 Å². The second-order valence-electron chi connectivity index (χ2n) is 5.70. The number of quaternary nitrogens is 1. The van der Waals surface area contributed by atoms with E-state index in [4.69, 9.17) is 4.74 Å². The summed E-state index contributed by atoms with van der Waals surface area (Å²) in [5.74, 6) is 0.944. The lowest BCUT2D eigenvalue weighted by atomic mass is 10.1. The third-order valence-electron chi connectivity index (χ3n) is 3.92. The van der Waals surface area contributed by atoms with E-state index in [9.17, 15) is 4.79 Å². The molecule has 1 aliphatic rings. The molecule has 0 aromatic heterocycles. The van der Waals surface area contributed by atoms with Gasteiger partial charge >= 0.3 is 0 Å². The molecule has 0 spiro atoms. The fourth-order valence-electron chi connectivity index (χ4n) is 2.82.